The van der Waals surface area contributed by atoms with Crippen LogP contribution in [0.2, 0.25) is 0 Å². The molecule has 7 nitrogen and oxygen atoms in total. The zero-order valence-corrected chi connectivity index (χ0v) is 20.6. The van der Waals surface area contributed by atoms with Gasteiger partial charge in [0.05, 0.1) is 10.6 Å². The van der Waals surface area contributed by atoms with Gasteiger partial charge >= 0.3 is 0 Å². The number of aromatic nitrogens is 1. The maximum atomic E-state index is 12.7. The fourth-order valence-corrected chi connectivity index (χ4v) is 6.08. The second-order valence-electron chi connectivity index (χ2n) is 8.43. The Hall–Kier alpha value is -2.59. The number of thiazole rings is 1. The summed E-state index contributed by atoms with van der Waals surface area (Å²) in [5.74, 6) is -0.302. The van der Waals surface area contributed by atoms with Gasteiger partial charge in [0.2, 0.25) is 10.0 Å². The first-order valence-electron chi connectivity index (χ1n) is 10.9. The molecule has 4 rings (SSSR count). The molecule has 2 aromatic carbocycles. The van der Waals surface area contributed by atoms with Gasteiger partial charge in [-0.05, 0) is 43.7 Å². The summed E-state index contributed by atoms with van der Waals surface area (Å²) >= 11 is 1.50. The van der Waals surface area contributed by atoms with Crippen molar-refractivity contribution in [2.24, 2.45) is 0 Å². The van der Waals surface area contributed by atoms with Gasteiger partial charge in [-0.15, -0.1) is 11.3 Å². The van der Waals surface area contributed by atoms with Crippen molar-refractivity contribution in [3.8, 4) is 0 Å². The number of nitrogens with zero attached hydrogens (tertiary/aromatic N) is 3. The van der Waals surface area contributed by atoms with Crippen LogP contribution >= 0.6 is 11.3 Å². The van der Waals surface area contributed by atoms with E-state index in [1.165, 1.54) is 50.3 Å². The van der Waals surface area contributed by atoms with Gasteiger partial charge in [0.25, 0.3) is 5.91 Å². The third-order valence-electron chi connectivity index (χ3n) is 5.80. The van der Waals surface area contributed by atoms with Crippen LogP contribution in [0.1, 0.15) is 40.3 Å². The molecule has 2 heterocycles. The monoisotopic (exact) mass is 484 g/mol. The van der Waals surface area contributed by atoms with Crippen molar-refractivity contribution in [2.75, 3.05) is 18.9 Å². The van der Waals surface area contributed by atoms with E-state index in [0.717, 1.165) is 31.7 Å². The third kappa shape index (κ3) is 5.33. The smallest absolute Gasteiger partial charge is 0.257 e. The van der Waals surface area contributed by atoms with Gasteiger partial charge in [0, 0.05) is 49.6 Å². The number of anilines is 1. The molecule has 3 aromatic rings. The maximum Gasteiger partial charge on any atom is 0.257 e. The van der Waals surface area contributed by atoms with Crippen LogP contribution < -0.4 is 5.32 Å². The Kier molecular flexibility index (Phi) is 6.94. The summed E-state index contributed by atoms with van der Waals surface area (Å²) in [4.78, 5) is 21.1. The van der Waals surface area contributed by atoms with Crippen molar-refractivity contribution in [2.45, 2.75) is 44.3 Å². The highest BCUT2D eigenvalue weighted by molar-refractivity contribution is 7.89. The van der Waals surface area contributed by atoms with Gasteiger partial charge in [0.1, 0.15) is 0 Å². The highest BCUT2D eigenvalue weighted by atomic mass is 32.2. The molecule has 0 bridgehead atoms. The number of fused-ring (bicyclic) bond motifs is 1. The Bertz CT molecular complexity index is 1220. The van der Waals surface area contributed by atoms with Crippen LogP contribution in [0.3, 0.4) is 0 Å². The van der Waals surface area contributed by atoms with Crippen molar-refractivity contribution >= 4 is 32.4 Å². The summed E-state index contributed by atoms with van der Waals surface area (Å²) < 4.78 is 26.5. The summed E-state index contributed by atoms with van der Waals surface area (Å²) in [6.45, 7) is 6.26. The molecular weight excluding hydrogens is 456 g/mol. The minimum absolute atomic E-state index is 0.155. The van der Waals surface area contributed by atoms with E-state index in [-0.39, 0.29) is 16.8 Å². The number of hydrogen-bond donors (Lipinski definition) is 1. The number of sulfonamides is 1. The van der Waals surface area contributed by atoms with Crippen LogP contribution in [0, 0.1) is 0 Å². The highest BCUT2D eigenvalue weighted by Crippen LogP contribution is 2.29. The first-order valence-corrected chi connectivity index (χ1v) is 13.1. The van der Waals surface area contributed by atoms with Crippen molar-refractivity contribution < 1.29 is 13.2 Å². The summed E-state index contributed by atoms with van der Waals surface area (Å²) in [6, 6.07) is 16.2. The number of hydrogen-bond acceptors (Lipinski definition) is 6. The van der Waals surface area contributed by atoms with Crippen molar-refractivity contribution in [3.05, 3.63) is 76.3 Å². The maximum absolute atomic E-state index is 12.7. The van der Waals surface area contributed by atoms with Gasteiger partial charge in [0.15, 0.2) is 5.13 Å². The lowest BCUT2D eigenvalue weighted by Crippen LogP contribution is -2.33. The van der Waals surface area contributed by atoms with Crippen LogP contribution in [-0.4, -0.2) is 48.1 Å². The molecule has 1 aromatic heterocycles. The number of benzene rings is 2. The van der Waals surface area contributed by atoms with E-state index in [9.17, 15) is 13.2 Å². The molecule has 0 spiro atoms. The normalized spacial score (nSPS) is 14.5. The van der Waals surface area contributed by atoms with E-state index in [1.807, 2.05) is 19.9 Å². The quantitative estimate of drug-likeness (QED) is 0.549. The van der Waals surface area contributed by atoms with Crippen molar-refractivity contribution in [1.82, 2.24) is 14.2 Å². The van der Waals surface area contributed by atoms with Crippen LogP contribution in [0.15, 0.2) is 59.5 Å². The Labute approximate surface area is 199 Å². The lowest BCUT2D eigenvalue weighted by molar-refractivity contribution is 0.102. The second-order valence-corrected chi connectivity index (χ2v) is 11.5. The average molecular weight is 485 g/mol. The molecule has 1 aliphatic heterocycles. The molecular formula is C24H28N4O3S2. The zero-order valence-electron chi connectivity index (χ0n) is 19.0. The molecule has 1 amide bonds. The fourth-order valence-electron chi connectivity index (χ4n) is 3.67. The molecule has 1 aliphatic rings. The van der Waals surface area contributed by atoms with Gasteiger partial charge in [-0.1, -0.05) is 30.3 Å². The van der Waals surface area contributed by atoms with Gasteiger partial charge in [-0.2, -0.15) is 4.31 Å². The van der Waals surface area contributed by atoms with Crippen LogP contribution in [-0.2, 0) is 29.5 Å². The van der Waals surface area contributed by atoms with E-state index in [2.05, 4.69) is 39.5 Å². The number of amides is 1. The summed E-state index contributed by atoms with van der Waals surface area (Å²) in [6.07, 6.45) is 0.852. The Morgan fingerprint density at radius 3 is 2.52 bits per heavy atom. The van der Waals surface area contributed by atoms with E-state index < -0.39 is 10.0 Å². The van der Waals surface area contributed by atoms with Crippen LogP contribution in [0.5, 0.6) is 0 Å². The first kappa shape index (κ1) is 23.6. The number of carbonyl (C=O) groups excluding carboxylic acids is 1. The average Bonchev–Trinajstić information content (AvgIpc) is 3.20. The number of nitrogens with one attached hydrogen (secondary N) is 1. The largest absolute Gasteiger partial charge is 0.298 e. The predicted molar refractivity (Wildman–Crippen MR) is 131 cm³/mol. The Morgan fingerprint density at radius 2 is 1.85 bits per heavy atom. The van der Waals surface area contributed by atoms with Gasteiger partial charge in [-0.25, -0.2) is 13.4 Å². The van der Waals surface area contributed by atoms with E-state index in [0.29, 0.717) is 10.7 Å². The minimum atomic E-state index is -3.58. The standard InChI is InChI=1S/C24H28N4O3S2/c1-17(2)27(3)33(30,31)20-11-9-19(10-12-20)23(29)26-24-25-21-13-14-28(16-22(21)32-24)15-18-7-5-4-6-8-18/h4-12,17H,13-16H2,1-3H3,(H,25,26,29). The van der Waals surface area contributed by atoms with Gasteiger partial charge in [-0.3, -0.25) is 15.0 Å². The molecule has 33 heavy (non-hydrogen) atoms. The molecule has 174 valence electrons. The SMILES string of the molecule is CC(C)N(C)S(=O)(=O)c1ccc(C(=O)Nc2nc3c(s2)CN(Cc2ccccc2)CC3)cc1. The molecule has 0 saturated heterocycles. The molecule has 0 saturated carbocycles. The van der Waals surface area contributed by atoms with Crippen molar-refractivity contribution in [1.29, 1.82) is 0 Å². The molecule has 0 radical (unpaired) electrons. The number of rotatable bonds is 7. The number of carbonyl (C=O) groups is 1. The first-order chi connectivity index (χ1) is 15.7. The fraction of sp³-hybridized carbons (Fsp3) is 0.333. The lowest BCUT2D eigenvalue weighted by atomic mass is 10.1. The topological polar surface area (TPSA) is 82.6 Å². The Morgan fingerprint density at radius 1 is 1.15 bits per heavy atom. The molecule has 0 fully saturated rings. The second kappa shape index (κ2) is 9.72. The molecule has 0 atom stereocenters. The minimum Gasteiger partial charge on any atom is -0.298 e. The summed E-state index contributed by atoms with van der Waals surface area (Å²) in [7, 11) is -2.04. The molecule has 0 unspecified atom stereocenters. The van der Waals surface area contributed by atoms with Crippen molar-refractivity contribution in [3.63, 3.8) is 0 Å². The zero-order chi connectivity index (χ0) is 23.6. The predicted octanol–water partition coefficient (Wildman–Crippen LogP) is 3.98. The Balaban J connectivity index is 1.41. The molecule has 0 aliphatic carbocycles. The van der Waals surface area contributed by atoms with E-state index in [1.54, 1.807) is 7.05 Å². The van der Waals surface area contributed by atoms with Crippen LogP contribution in [0.4, 0.5) is 5.13 Å². The summed E-state index contributed by atoms with van der Waals surface area (Å²) in [5.41, 5.74) is 2.71. The highest BCUT2D eigenvalue weighted by Gasteiger charge is 2.24. The third-order valence-corrected chi connectivity index (χ3v) is 8.85. The van der Waals surface area contributed by atoms with Crippen LogP contribution in [0.25, 0.3) is 0 Å². The lowest BCUT2D eigenvalue weighted by Gasteiger charge is -2.25. The van der Waals surface area contributed by atoms with Gasteiger partial charge < -0.3 is 0 Å². The molecule has 9 heteroatoms. The van der Waals surface area contributed by atoms with E-state index >= 15 is 0 Å². The summed E-state index contributed by atoms with van der Waals surface area (Å²) in [5, 5.41) is 3.44. The molecule has 1 N–H and O–H groups in total. The van der Waals surface area contributed by atoms with E-state index in [4.69, 9.17) is 0 Å².